The zero-order valence-electron chi connectivity index (χ0n) is 65.4. The number of anilines is 2. The monoisotopic (exact) mass is 2180 g/mol. The van der Waals surface area contributed by atoms with Crippen molar-refractivity contribution in [3.05, 3.63) is 317 Å². The van der Waals surface area contributed by atoms with Crippen molar-refractivity contribution in [1.29, 1.82) is 0 Å². The first-order chi connectivity index (χ1) is 58.9. The molecule has 41 heteroatoms. The van der Waals surface area contributed by atoms with Crippen LogP contribution in [0.5, 0.6) is 0 Å². The fourth-order valence-electron chi connectivity index (χ4n) is 9.99. The largest absolute Gasteiger partial charge is 0.500 e. The van der Waals surface area contributed by atoms with Gasteiger partial charge < -0.3 is 65.4 Å². The van der Waals surface area contributed by atoms with Crippen LogP contribution in [-0.4, -0.2) is 129 Å². The van der Waals surface area contributed by atoms with Crippen LogP contribution in [0.15, 0.2) is 285 Å². The van der Waals surface area contributed by atoms with E-state index < -0.39 is 42.8 Å². The number of hydrogen-bond donors (Lipinski definition) is 10. The third kappa shape index (κ3) is 34.7. The van der Waals surface area contributed by atoms with Gasteiger partial charge in [-0.15, -0.1) is 0 Å². The summed E-state index contributed by atoms with van der Waals surface area (Å²) in [7, 11) is -2.87. The molecule has 1 amide bonds. The summed E-state index contributed by atoms with van der Waals surface area (Å²) in [6.45, 7) is 8.75. The van der Waals surface area contributed by atoms with Gasteiger partial charge in [0.15, 0.2) is 16.3 Å². The number of H-pyrrole nitrogens is 3. The highest BCUT2D eigenvalue weighted by atomic mass is 79.9. The van der Waals surface area contributed by atoms with Crippen LogP contribution in [0.1, 0.15) is 55.3 Å². The smallest absolute Gasteiger partial charge is 0.488 e. The lowest BCUT2D eigenvalue weighted by atomic mass is 9.80. The fourth-order valence-corrected chi connectivity index (χ4v) is 13.2. The Morgan fingerprint density at radius 1 is 0.532 bits per heavy atom. The minimum absolute atomic E-state index is 0.0254. The van der Waals surface area contributed by atoms with Gasteiger partial charge in [-0.3, -0.25) is 48.5 Å². The number of nitrogens with zero attached hydrogens (tertiary/aromatic N) is 5. The zero-order chi connectivity index (χ0) is 91.3. The molecule has 0 radical (unpaired) electrons. The molecule has 0 fully saturated rings. The second kappa shape index (κ2) is 52.3. The molecule has 0 aliphatic carbocycles. The molecule has 8 aromatic heterocycles. The number of carbonyl (C=O) groups excluding carboxylic acids is 4. The zero-order valence-corrected chi connectivity index (χ0v) is 79.6. The molecular formula is C83H71B2Br6Cl4N10O17PS. The van der Waals surface area contributed by atoms with Gasteiger partial charge in [0.2, 0.25) is 16.8 Å². The standard InChI is InChI=1S/C14H9BrN2.C12H10BrNO3.C10H6BrNO3.C9H9BN2O3S.C9H5BrClN.C9H6BrNO.C9H14O4.C6H6BrN.C5H6BNO2.Cl3OP/c15-11-1-2-14-13(9-11)12(5-8-17-14)10-3-6-16-7-4-10;1-2-17-12(16)9-6-14-10-4-3-7(13)5-8(10)11(9)15;11-5-1-2-8-6(3-5)9(13)7(4-12-8)10(14)15;1-5(13)11-9-12-7-3-2-6(10(14)15)4-8(7)16-9;10-6-1-2-9-7(5-6)8(11)3-4-12-9;10-6-1-2-8-7(5-6)9(12)3-4-11-8;1-4-12-6-8(7(3)10)9(11)13-5-2;7-5-1-3-6(8)4-2-5;8-6(9)5-1-3-7-4-2-5;1-5(2,3)4/h1-9H;3-6H,2H2,1H3,(H,14,15);1-4H,(H,12,13)(H,14,15);2-4,14-15H,1H3,(H,11,12,13);1-5H;1-5H,(H,11,12);6H,4-5H2,1-3H3;1-4H,8H2;1-4,8-9H;/b;;;;;;8-6+;;;. The SMILES string of the molecule is Brc1ccc2nccc(-c3ccncc3)c2c1.CC(=O)Nc1nc2ccc(B(O)O)cc2s1.CCO/C=C(\C(C)=O)C(=O)OCC.CCOC(=O)c1c[nH]c2ccc(Br)cc2c1=O.Clc1ccnc2ccc(Br)cc12.Nc1ccc(Br)cc1.O=C(O)c1c[nH]c2ccc(Br)cc2c1=O.O=P(Cl)(Cl)Cl.O=c1cc[nH]c2ccc(Br)cc12.OB(O)c1ccncc1. The highest BCUT2D eigenvalue weighted by Gasteiger charge is 2.19. The van der Waals surface area contributed by atoms with Gasteiger partial charge in [0.05, 0.1) is 46.1 Å². The van der Waals surface area contributed by atoms with Gasteiger partial charge >= 0.3 is 37.3 Å². The quantitative estimate of drug-likeness (QED) is 0.00793. The summed E-state index contributed by atoms with van der Waals surface area (Å²) in [6, 6.07) is 52.8. The molecule has 0 atom stereocenters. The van der Waals surface area contributed by atoms with Crippen LogP contribution in [0.4, 0.5) is 10.8 Å². The van der Waals surface area contributed by atoms with Crippen molar-refractivity contribution in [2.45, 2.75) is 34.6 Å². The van der Waals surface area contributed by atoms with E-state index in [-0.39, 0.29) is 52.5 Å². The van der Waals surface area contributed by atoms with E-state index in [1.807, 2.05) is 103 Å². The van der Waals surface area contributed by atoms with Crippen LogP contribution >= 0.6 is 157 Å². The van der Waals surface area contributed by atoms with E-state index in [1.54, 1.807) is 112 Å². The predicted octanol–water partition coefficient (Wildman–Crippen LogP) is 19.1. The number of benzene rings is 7. The Labute approximate surface area is 782 Å². The van der Waals surface area contributed by atoms with Crippen LogP contribution in [0.2, 0.25) is 5.02 Å². The minimum Gasteiger partial charge on any atom is -0.500 e. The lowest BCUT2D eigenvalue weighted by Gasteiger charge is -2.06. The van der Waals surface area contributed by atoms with Gasteiger partial charge in [0.25, 0.3) is 0 Å². The van der Waals surface area contributed by atoms with Gasteiger partial charge in [-0.25, -0.2) is 19.4 Å². The molecule has 15 aromatic rings. The second-order valence-electron chi connectivity index (χ2n) is 24.4. The first kappa shape index (κ1) is 103. The fraction of sp³-hybridized carbons (Fsp3) is 0.0964. The number of pyridine rings is 7. The number of carboxylic acid groups (broad SMARTS) is 1. The molecule has 15 rings (SSSR count). The van der Waals surface area contributed by atoms with E-state index in [4.69, 9.17) is 52.0 Å². The van der Waals surface area contributed by atoms with Gasteiger partial charge in [-0.05, 0) is 247 Å². The third-order valence-electron chi connectivity index (χ3n) is 15.6. The van der Waals surface area contributed by atoms with Crippen molar-refractivity contribution in [2.24, 2.45) is 0 Å². The summed E-state index contributed by atoms with van der Waals surface area (Å²) in [5.74, 6) is -2.99. The number of nitrogens with one attached hydrogen (secondary N) is 4. The molecule has 124 heavy (non-hydrogen) atoms. The van der Waals surface area contributed by atoms with Gasteiger partial charge in [0, 0.05) is 145 Å². The number of halogens is 10. The lowest BCUT2D eigenvalue weighted by Crippen LogP contribution is -2.29. The number of nitrogens with two attached hydrogens (primary N) is 1. The number of aromatic nitrogens is 8. The number of hydrogen-bond acceptors (Lipinski definition) is 23. The highest BCUT2D eigenvalue weighted by Crippen LogP contribution is 2.61. The minimum atomic E-state index is -3.22. The Morgan fingerprint density at radius 2 is 0.992 bits per heavy atom. The van der Waals surface area contributed by atoms with Crippen LogP contribution < -0.4 is 38.3 Å². The van der Waals surface area contributed by atoms with Crippen molar-refractivity contribution in [3.63, 3.8) is 0 Å². The van der Waals surface area contributed by atoms with Crippen molar-refractivity contribution < 1.29 is 68.0 Å². The van der Waals surface area contributed by atoms with Crippen LogP contribution in [0.3, 0.4) is 0 Å². The van der Waals surface area contributed by atoms with Crippen LogP contribution in [0, 0.1) is 0 Å². The summed E-state index contributed by atoms with van der Waals surface area (Å²) in [5.41, 5.74) is 13.2. The molecule has 11 N–H and O–H groups in total. The topological polar surface area (TPSA) is 432 Å². The van der Waals surface area contributed by atoms with Crippen LogP contribution in [0.25, 0.3) is 75.9 Å². The number of aromatic carboxylic acids is 1. The van der Waals surface area contributed by atoms with E-state index in [1.165, 1.54) is 61.6 Å². The van der Waals surface area contributed by atoms with Crippen molar-refractivity contribution in [1.82, 2.24) is 39.9 Å². The summed E-state index contributed by atoms with van der Waals surface area (Å²) < 4.78 is 30.2. The van der Waals surface area contributed by atoms with E-state index in [2.05, 4.69) is 185 Å². The number of ketones is 1. The Morgan fingerprint density at radius 3 is 1.48 bits per heavy atom. The molecule has 642 valence electrons. The number of carboxylic acids is 1. The molecule has 27 nitrogen and oxygen atoms in total. The normalized spacial score (nSPS) is 10.4. The molecule has 0 unspecified atom stereocenters. The van der Waals surface area contributed by atoms with Crippen molar-refractivity contribution in [2.75, 3.05) is 30.9 Å². The number of esters is 2. The molecule has 0 saturated heterocycles. The molecule has 7 aromatic carbocycles. The number of fused-ring (bicyclic) bond motifs is 6. The first-order valence-corrected chi connectivity index (χ1v) is 46.2. The van der Waals surface area contributed by atoms with E-state index in [0.29, 0.717) is 49.9 Å². The molecule has 8 heterocycles. The third-order valence-corrected chi connectivity index (χ3v) is 19.8. The lowest BCUT2D eigenvalue weighted by molar-refractivity contribution is -0.140. The molecule has 0 saturated carbocycles. The molecular weight excluding hydrogens is 2110 g/mol. The Bertz CT molecular complexity index is 6430. The van der Waals surface area contributed by atoms with E-state index in [9.17, 15) is 42.9 Å². The van der Waals surface area contributed by atoms with Crippen LogP contribution in [-0.2, 0) is 33.2 Å². The molecule has 0 aliphatic heterocycles. The van der Waals surface area contributed by atoms with E-state index >= 15 is 0 Å². The summed E-state index contributed by atoms with van der Waals surface area (Å²) in [5, 5.41) is 48.2. The van der Waals surface area contributed by atoms with Gasteiger partial charge in [0.1, 0.15) is 23.0 Å². The number of ether oxygens (including phenoxy) is 3. The van der Waals surface area contributed by atoms with Crippen molar-refractivity contribution >= 4 is 288 Å². The maximum absolute atomic E-state index is 12.1. The Hall–Kier alpha value is -9.69. The maximum Gasteiger partial charge on any atom is 0.488 e. The number of nitrogen functional groups attached to an aromatic ring is 1. The maximum atomic E-state index is 12.1. The van der Waals surface area contributed by atoms with Crippen molar-refractivity contribution in [3.8, 4) is 11.1 Å². The number of amides is 1. The van der Waals surface area contributed by atoms with Gasteiger partial charge in [-0.1, -0.05) is 125 Å². The Kier molecular flexibility index (Phi) is 43.5. The summed E-state index contributed by atoms with van der Waals surface area (Å²) in [4.78, 5) is 119. The molecule has 0 aliphatic rings. The molecule has 0 bridgehead atoms. The average Bonchev–Trinajstić information content (AvgIpc) is 1.21. The second-order valence-corrected chi connectivity index (χ2v) is 38.0. The Balaban J connectivity index is 0.000000216. The summed E-state index contributed by atoms with van der Waals surface area (Å²) >= 11 is 41.1. The van der Waals surface area contributed by atoms with Gasteiger partial charge in [-0.2, -0.15) is 0 Å². The number of carbonyl (C=O) groups is 5. The highest BCUT2D eigenvalue weighted by molar-refractivity contribution is 9.11. The van der Waals surface area contributed by atoms with E-state index in [0.717, 1.165) is 86.9 Å². The first-order valence-electron chi connectivity index (χ1n) is 35.8. The predicted molar refractivity (Wildman–Crippen MR) is 515 cm³/mol. The molecule has 0 spiro atoms. The number of thiazole rings is 1. The summed E-state index contributed by atoms with van der Waals surface area (Å²) in [6.07, 6.45) is 15.6. The number of aromatic amines is 3. The average molecular weight is 2190 g/mol. The number of Topliss-reactive ketones (excluding diaryl/α,β-unsaturated/α-hetero) is 1. The number of rotatable bonds is 12.